The molecule has 0 spiro atoms. The summed E-state index contributed by atoms with van der Waals surface area (Å²) in [6, 6.07) is 17.6. The van der Waals surface area contributed by atoms with Crippen molar-refractivity contribution in [3.05, 3.63) is 72.6 Å². The third-order valence-corrected chi connectivity index (χ3v) is 3.28. The van der Waals surface area contributed by atoms with Gasteiger partial charge in [-0.3, -0.25) is 0 Å². The second kappa shape index (κ2) is 5.54. The lowest BCUT2D eigenvalue weighted by molar-refractivity contribution is 0.0699. The van der Waals surface area contributed by atoms with Crippen molar-refractivity contribution in [1.82, 2.24) is 9.97 Å². The molecular weight excluding hydrogens is 264 g/mol. The fourth-order valence-corrected chi connectivity index (χ4v) is 2.24. The molecule has 0 amide bonds. The van der Waals surface area contributed by atoms with Crippen molar-refractivity contribution >= 4 is 27.8 Å². The molecular formula is C17H14N2O2. The number of nitrogens with one attached hydrogen (secondary N) is 2. The van der Waals surface area contributed by atoms with Gasteiger partial charge in [-0.1, -0.05) is 36.4 Å². The molecule has 0 unspecified atom stereocenters. The average Bonchev–Trinajstić information content (AvgIpc) is 3.14. The number of para-hydroxylation sites is 2. The number of carboxylic acids is 1. The second-order valence-corrected chi connectivity index (χ2v) is 4.62. The average molecular weight is 278 g/mol. The van der Waals surface area contributed by atoms with E-state index in [0.29, 0.717) is 5.56 Å². The summed E-state index contributed by atoms with van der Waals surface area (Å²) < 4.78 is 0. The summed E-state index contributed by atoms with van der Waals surface area (Å²) in [6.45, 7) is 0. The molecule has 2 aromatic heterocycles. The number of hydrogen-bond acceptors (Lipinski definition) is 1. The standard InChI is InChI=1S/C9H7NO2.C8H7N/c11-9(12)7-5-10-8-4-2-1-3-6(7)8;1-2-4-8-7(3-1)5-6-9-8/h1-5,10H,(H,11,12);1-6,9H. The molecule has 4 nitrogen and oxygen atoms in total. The number of rotatable bonds is 1. The van der Waals surface area contributed by atoms with Crippen molar-refractivity contribution in [3.63, 3.8) is 0 Å². The summed E-state index contributed by atoms with van der Waals surface area (Å²) in [5, 5.41) is 10.8. The molecule has 0 aliphatic carbocycles. The summed E-state index contributed by atoms with van der Waals surface area (Å²) in [7, 11) is 0. The van der Waals surface area contributed by atoms with Gasteiger partial charge in [0.05, 0.1) is 5.56 Å². The maximum Gasteiger partial charge on any atom is 0.337 e. The number of carbonyl (C=O) groups is 1. The lowest BCUT2D eigenvalue weighted by Gasteiger charge is -1.89. The highest BCUT2D eigenvalue weighted by Crippen LogP contribution is 2.16. The molecule has 104 valence electrons. The molecule has 4 rings (SSSR count). The first-order valence-corrected chi connectivity index (χ1v) is 6.57. The Morgan fingerprint density at radius 2 is 1.57 bits per heavy atom. The molecule has 0 atom stereocenters. The molecule has 0 aliphatic heterocycles. The lowest BCUT2D eigenvalue weighted by atomic mass is 10.2. The van der Waals surface area contributed by atoms with Crippen LogP contribution in [0, 0.1) is 0 Å². The summed E-state index contributed by atoms with van der Waals surface area (Å²) in [6.07, 6.45) is 3.46. The Bertz CT molecular complexity index is 859. The van der Waals surface area contributed by atoms with Crippen LogP contribution in [0.5, 0.6) is 0 Å². The molecule has 0 fully saturated rings. The van der Waals surface area contributed by atoms with Crippen LogP contribution in [0.15, 0.2) is 67.0 Å². The molecule has 4 aromatic rings. The van der Waals surface area contributed by atoms with E-state index < -0.39 is 5.97 Å². The van der Waals surface area contributed by atoms with Crippen LogP contribution in [0.3, 0.4) is 0 Å². The highest BCUT2D eigenvalue weighted by Gasteiger charge is 2.08. The minimum Gasteiger partial charge on any atom is -0.478 e. The number of benzene rings is 2. The molecule has 0 bridgehead atoms. The minimum absolute atomic E-state index is 0.325. The van der Waals surface area contributed by atoms with E-state index in [1.54, 1.807) is 6.07 Å². The quantitative estimate of drug-likeness (QED) is 0.492. The number of fused-ring (bicyclic) bond motifs is 2. The first kappa shape index (κ1) is 13.0. The third-order valence-electron chi connectivity index (χ3n) is 3.28. The molecule has 2 aromatic carbocycles. The number of aromatic nitrogens is 2. The Balaban J connectivity index is 0.000000131. The van der Waals surface area contributed by atoms with Gasteiger partial charge in [0.15, 0.2) is 0 Å². The van der Waals surface area contributed by atoms with E-state index in [-0.39, 0.29) is 0 Å². The van der Waals surface area contributed by atoms with Crippen molar-refractivity contribution in [3.8, 4) is 0 Å². The zero-order valence-corrected chi connectivity index (χ0v) is 11.2. The third kappa shape index (κ3) is 2.65. The monoisotopic (exact) mass is 278 g/mol. The number of carboxylic acid groups (broad SMARTS) is 1. The van der Waals surface area contributed by atoms with Gasteiger partial charge in [0.25, 0.3) is 0 Å². The van der Waals surface area contributed by atoms with Crippen molar-refractivity contribution in [1.29, 1.82) is 0 Å². The highest BCUT2D eigenvalue weighted by atomic mass is 16.4. The Morgan fingerprint density at radius 3 is 2.33 bits per heavy atom. The van der Waals surface area contributed by atoms with Crippen LogP contribution in [-0.2, 0) is 0 Å². The predicted octanol–water partition coefficient (Wildman–Crippen LogP) is 4.03. The van der Waals surface area contributed by atoms with Crippen LogP contribution in [-0.4, -0.2) is 21.0 Å². The van der Waals surface area contributed by atoms with Gasteiger partial charge in [0.2, 0.25) is 0 Å². The van der Waals surface area contributed by atoms with Crippen LogP contribution >= 0.6 is 0 Å². The maximum atomic E-state index is 10.7. The Hall–Kier alpha value is -3.01. The van der Waals surface area contributed by atoms with Crippen molar-refractivity contribution in [2.75, 3.05) is 0 Å². The van der Waals surface area contributed by atoms with E-state index in [1.807, 2.05) is 36.5 Å². The summed E-state index contributed by atoms with van der Waals surface area (Å²) in [5.74, 6) is -0.896. The largest absolute Gasteiger partial charge is 0.478 e. The smallest absolute Gasteiger partial charge is 0.337 e. The zero-order chi connectivity index (χ0) is 14.7. The summed E-state index contributed by atoms with van der Waals surface area (Å²) in [4.78, 5) is 16.7. The van der Waals surface area contributed by atoms with Gasteiger partial charge >= 0.3 is 5.97 Å². The molecule has 0 saturated heterocycles. The molecule has 4 heteroatoms. The van der Waals surface area contributed by atoms with Crippen molar-refractivity contribution < 1.29 is 9.90 Å². The molecule has 0 saturated carbocycles. The number of H-pyrrole nitrogens is 2. The first-order chi connectivity index (χ1) is 10.3. The summed E-state index contributed by atoms with van der Waals surface area (Å²) in [5.41, 5.74) is 2.39. The van der Waals surface area contributed by atoms with Crippen LogP contribution < -0.4 is 0 Å². The topological polar surface area (TPSA) is 68.9 Å². The van der Waals surface area contributed by atoms with Crippen LogP contribution in [0.1, 0.15) is 10.4 Å². The molecule has 0 radical (unpaired) electrons. The van der Waals surface area contributed by atoms with E-state index in [1.165, 1.54) is 17.1 Å². The van der Waals surface area contributed by atoms with Gasteiger partial charge in [0.1, 0.15) is 0 Å². The van der Waals surface area contributed by atoms with E-state index in [4.69, 9.17) is 5.11 Å². The Morgan fingerprint density at radius 1 is 0.857 bits per heavy atom. The molecule has 0 aliphatic rings. The van der Waals surface area contributed by atoms with Crippen LogP contribution in [0.25, 0.3) is 21.8 Å². The Labute approximate surface area is 121 Å². The SMILES string of the molecule is O=C(O)c1c[nH]c2ccccc12.c1ccc2[nH]ccc2c1. The normalized spacial score (nSPS) is 10.3. The van der Waals surface area contributed by atoms with Gasteiger partial charge in [-0.25, -0.2) is 4.79 Å². The molecule has 3 N–H and O–H groups in total. The lowest BCUT2D eigenvalue weighted by Crippen LogP contribution is -1.92. The van der Waals surface area contributed by atoms with Gasteiger partial charge in [-0.2, -0.15) is 0 Å². The molecule has 21 heavy (non-hydrogen) atoms. The summed E-state index contributed by atoms with van der Waals surface area (Å²) >= 11 is 0. The molecule has 2 heterocycles. The van der Waals surface area contributed by atoms with Gasteiger partial charge in [0, 0.05) is 28.8 Å². The van der Waals surface area contributed by atoms with E-state index in [9.17, 15) is 4.79 Å². The van der Waals surface area contributed by atoms with Crippen LogP contribution in [0.4, 0.5) is 0 Å². The second-order valence-electron chi connectivity index (χ2n) is 4.62. The first-order valence-electron chi connectivity index (χ1n) is 6.57. The van der Waals surface area contributed by atoms with E-state index in [0.717, 1.165) is 10.9 Å². The fourth-order valence-electron chi connectivity index (χ4n) is 2.24. The van der Waals surface area contributed by atoms with Gasteiger partial charge in [-0.15, -0.1) is 0 Å². The number of aromatic carboxylic acids is 1. The predicted molar refractivity (Wildman–Crippen MR) is 83.6 cm³/mol. The van der Waals surface area contributed by atoms with Crippen LogP contribution in [0.2, 0.25) is 0 Å². The maximum absolute atomic E-state index is 10.7. The Kier molecular flexibility index (Phi) is 3.43. The van der Waals surface area contributed by atoms with E-state index in [2.05, 4.69) is 28.2 Å². The van der Waals surface area contributed by atoms with E-state index >= 15 is 0 Å². The number of aromatic amines is 2. The number of hydrogen-bond donors (Lipinski definition) is 3. The van der Waals surface area contributed by atoms with Crippen molar-refractivity contribution in [2.45, 2.75) is 0 Å². The zero-order valence-electron chi connectivity index (χ0n) is 11.2. The van der Waals surface area contributed by atoms with Crippen molar-refractivity contribution in [2.24, 2.45) is 0 Å². The highest BCUT2D eigenvalue weighted by molar-refractivity contribution is 6.03. The van der Waals surface area contributed by atoms with Gasteiger partial charge in [-0.05, 0) is 23.6 Å². The van der Waals surface area contributed by atoms with Gasteiger partial charge < -0.3 is 15.1 Å². The minimum atomic E-state index is -0.896. The fraction of sp³-hybridized carbons (Fsp3) is 0.